The maximum Gasteiger partial charge on any atom is 0.244 e. The highest BCUT2D eigenvalue weighted by molar-refractivity contribution is 7.89. The van der Waals surface area contributed by atoms with Crippen molar-refractivity contribution >= 4 is 27.3 Å². The van der Waals surface area contributed by atoms with Gasteiger partial charge >= 0.3 is 0 Å². The first-order valence-corrected chi connectivity index (χ1v) is 7.39. The quantitative estimate of drug-likeness (QED) is 0.609. The average Bonchev–Trinajstić information content (AvgIpc) is 2.23. The van der Waals surface area contributed by atoms with Crippen molar-refractivity contribution in [2.24, 2.45) is 0 Å². The topological polar surface area (TPSA) is 75.4 Å². The van der Waals surface area contributed by atoms with Crippen LogP contribution in [0.5, 0.6) is 0 Å². The second-order valence-electron chi connectivity index (χ2n) is 4.21. The molecule has 102 valence electrons. The van der Waals surface area contributed by atoms with Gasteiger partial charge in [-0.1, -0.05) is 17.7 Å². The number of sulfonamides is 1. The van der Waals surface area contributed by atoms with E-state index < -0.39 is 10.0 Å². The summed E-state index contributed by atoms with van der Waals surface area (Å²) >= 11 is 5.87. The highest BCUT2D eigenvalue weighted by Crippen LogP contribution is 2.26. The molecule has 0 radical (unpaired) electrons. The summed E-state index contributed by atoms with van der Waals surface area (Å²) in [5.41, 5.74) is 5.80. The molecular formula is C11H18ClN3O2S. The van der Waals surface area contributed by atoms with Crippen LogP contribution in [0, 0.1) is 0 Å². The van der Waals surface area contributed by atoms with Gasteiger partial charge in [-0.2, -0.15) is 0 Å². The van der Waals surface area contributed by atoms with Crippen LogP contribution in [0.4, 0.5) is 5.69 Å². The van der Waals surface area contributed by atoms with Gasteiger partial charge in [0.15, 0.2) is 0 Å². The van der Waals surface area contributed by atoms with E-state index in [9.17, 15) is 8.42 Å². The number of benzene rings is 1. The lowest BCUT2D eigenvalue weighted by atomic mass is 10.3. The number of nitrogens with zero attached hydrogens (tertiary/aromatic N) is 1. The molecule has 0 aliphatic carbocycles. The molecule has 0 spiro atoms. The number of rotatable bonds is 6. The molecule has 0 fully saturated rings. The molecule has 0 saturated carbocycles. The van der Waals surface area contributed by atoms with Crippen LogP contribution in [0.3, 0.4) is 0 Å². The standard InChI is InChI=1S/C11H18ClN3O2S/c1-15(2)8-4-7-14-18(16,17)11-9(12)5-3-6-10(11)13/h3,5-6,14H,4,7-8,13H2,1-2H3. The number of anilines is 1. The zero-order valence-electron chi connectivity index (χ0n) is 10.5. The molecule has 1 rings (SSSR count). The van der Waals surface area contributed by atoms with E-state index in [1.54, 1.807) is 6.07 Å². The van der Waals surface area contributed by atoms with Crippen LogP contribution in [-0.4, -0.2) is 40.5 Å². The van der Waals surface area contributed by atoms with Gasteiger partial charge in [-0.3, -0.25) is 0 Å². The molecular weight excluding hydrogens is 274 g/mol. The summed E-state index contributed by atoms with van der Waals surface area (Å²) in [6.45, 7) is 1.16. The first-order chi connectivity index (χ1) is 8.34. The third-order valence-corrected chi connectivity index (χ3v) is 4.34. The lowest BCUT2D eigenvalue weighted by Gasteiger charge is -2.12. The van der Waals surface area contributed by atoms with E-state index in [2.05, 4.69) is 4.72 Å². The maximum atomic E-state index is 12.0. The normalized spacial score (nSPS) is 12.0. The molecule has 0 aromatic heterocycles. The molecule has 0 saturated heterocycles. The van der Waals surface area contributed by atoms with Crippen molar-refractivity contribution in [1.29, 1.82) is 0 Å². The van der Waals surface area contributed by atoms with Gasteiger partial charge in [0.05, 0.1) is 10.7 Å². The Morgan fingerprint density at radius 2 is 2.06 bits per heavy atom. The molecule has 0 amide bonds. The minimum atomic E-state index is -3.65. The van der Waals surface area contributed by atoms with Gasteiger partial charge in [0.2, 0.25) is 10.0 Å². The van der Waals surface area contributed by atoms with Gasteiger partial charge in [-0.15, -0.1) is 0 Å². The average molecular weight is 292 g/mol. The summed E-state index contributed by atoms with van der Waals surface area (Å²) in [6.07, 6.45) is 0.719. The van der Waals surface area contributed by atoms with Crippen molar-refractivity contribution in [3.8, 4) is 0 Å². The lowest BCUT2D eigenvalue weighted by molar-refractivity contribution is 0.400. The monoisotopic (exact) mass is 291 g/mol. The molecule has 18 heavy (non-hydrogen) atoms. The van der Waals surface area contributed by atoms with Crippen molar-refractivity contribution in [3.05, 3.63) is 23.2 Å². The van der Waals surface area contributed by atoms with Gasteiger partial charge in [0.1, 0.15) is 4.90 Å². The number of nitrogen functional groups attached to an aromatic ring is 1. The van der Waals surface area contributed by atoms with Gasteiger partial charge in [-0.25, -0.2) is 13.1 Å². The number of nitrogens with one attached hydrogen (secondary N) is 1. The van der Waals surface area contributed by atoms with E-state index in [4.69, 9.17) is 17.3 Å². The number of hydrogen-bond donors (Lipinski definition) is 2. The Kier molecular flexibility index (Phi) is 5.40. The summed E-state index contributed by atoms with van der Waals surface area (Å²) in [5, 5.41) is 0.134. The molecule has 3 N–H and O–H groups in total. The number of halogens is 1. The Bertz CT molecular complexity index is 483. The van der Waals surface area contributed by atoms with Crippen LogP contribution < -0.4 is 10.5 Å². The largest absolute Gasteiger partial charge is 0.398 e. The summed E-state index contributed by atoms with van der Waals surface area (Å²) in [7, 11) is 0.217. The Morgan fingerprint density at radius 1 is 1.39 bits per heavy atom. The highest BCUT2D eigenvalue weighted by Gasteiger charge is 2.20. The second-order valence-corrected chi connectivity index (χ2v) is 6.32. The zero-order valence-corrected chi connectivity index (χ0v) is 12.1. The van der Waals surface area contributed by atoms with Crippen molar-refractivity contribution in [3.63, 3.8) is 0 Å². The molecule has 1 aromatic carbocycles. The fourth-order valence-electron chi connectivity index (χ4n) is 1.48. The van der Waals surface area contributed by atoms with E-state index in [1.807, 2.05) is 19.0 Å². The lowest BCUT2D eigenvalue weighted by Crippen LogP contribution is -2.28. The van der Waals surface area contributed by atoms with Crippen LogP contribution in [0.15, 0.2) is 23.1 Å². The highest BCUT2D eigenvalue weighted by atomic mass is 35.5. The van der Waals surface area contributed by atoms with Crippen molar-refractivity contribution in [2.45, 2.75) is 11.3 Å². The Balaban J connectivity index is 2.75. The van der Waals surface area contributed by atoms with Crippen LogP contribution >= 0.6 is 11.6 Å². The SMILES string of the molecule is CN(C)CCCNS(=O)(=O)c1c(N)cccc1Cl. The Labute approximate surface area is 113 Å². The van der Waals surface area contributed by atoms with Gasteiger partial charge < -0.3 is 10.6 Å². The first kappa shape index (κ1) is 15.2. The number of nitrogens with two attached hydrogens (primary N) is 1. The molecule has 7 heteroatoms. The predicted molar refractivity (Wildman–Crippen MR) is 74.2 cm³/mol. The summed E-state index contributed by atoms with van der Waals surface area (Å²) in [6, 6.07) is 4.63. The molecule has 0 heterocycles. The zero-order chi connectivity index (χ0) is 13.8. The van der Waals surface area contributed by atoms with Crippen LogP contribution in [0.2, 0.25) is 5.02 Å². The second kappa shape index (κ2) is 6.38. The van der Waals surface area contributed by atoms with Crippen molar-refractivity contribution < 1.29 is 8.42 Å². The fourth-order valence-corrected chi connectivity index (χ4v) is 3.23. The summed E-state index contributed by atoms with van der Waals surface area (Å²) in [5.74, 6) is 0. The molecule has 0 aliphatic rings. The van der Waals surface area contributed by atoms with Crippen LogP contribution in [0.1, 0.15) is 6.42 Å². The minimum absolute atomic E-state index is 0.0449. The minimum Gasteiger partial charge on any atom is -0.398 e. The molecule has 0 bridgehead atoms. The molecule has 0 unspecified atom stereocenters. The molecule has 0 aliphatic heterocycles. The molecule has 5 nitrogen and oxygen atoms in total. The van der Waals surface area contributed by atoms with E-state index in [0.717, 1.165) is 13.0 Å². The van der Waals surface area contributed by atoms with Crippen molar-refractivity contribution in [1.82, 2.24) is 9.62 Å². The summed E-state index contributed by atoms with van der Waals surface area (Å²) in [4.78, 5) is 1.94. The third kappa shape index (κ3) is 4.13. The predicted octanol–water partition coefficient (Wildman–Crippen LogP) is 1.15. The van der Waals surface area contributed by atoms with Crippen molar-refractivity contribution in [2.75, 3.05) is 32.9 Å². The van der Waals surface area contributed by atoms with E-state index in [-0.39, 0.29) is 15.6 Å². The first-order valence-electron chi connectivity index (χ1n) is 5.53. The Morgan fingerprint density at radius 3 is 2.61 bits per heavy atom. The Hall–Kier alpha value is -0.820. The fraction of sp³-hybridized carbons (Fsp3) is 0.455. The van der Waals surface area contributed by atoms with Crippen LogP contribution in [-0.2, 0) is 10.0 Å². The van der Waals surface area contributed by atoms with Gasteiger partial charge in [-0.05, 0) is 39.2 Å². The van der Waals surface area contributed by atoms with Crippen LogP contribution in [0.25, 0.3) is 0 Å². The third-order valence-electron chi connectivity index (χ3n) is 2.34. The number of hydrogen-bond acceptors (Lipinski definition) is 4. The maximum absolute atomic E-state index is 12.0. The van der Waals surface area contributed by atoms with E-state index >= 15 is 0 Å². The molecule has 0 atom stereocenters. The molecule has 1 aromatic rings. The van der Waals surface area contributed by atoms with E-state index in [1.165, 1.54) is 12.1 Å². The van der Waals surface area contributed by atoms with Gasteiger partial charge in [0, 0.05) is 6.54 Å². The summed E-state index contributed by atoms with van der Waals surface area (Å²) < 4.78 is 26.6. The van der Waals surface area contributed by atoms with Gasteiger partial charge in [0.25, 0.3) is 0 Å². The smallest absolute Gasteiger partial charge is 0.244 e. The van der Waals surface area contributed by atoms with E-state index in [0.29, 0.717) is 6.54 Å².